The maximum atomic E-state index is 12.5. The lowest BCUT2D eigenvalue weighted by molar-refractivity contribution is 0.0697. The average Bonchev–Trinajstić information content (AvgIpc) is 2.60. The standard InChI is InChI=1S/C17H14N2O4S/c20-17(21)14-8-6-12(7-9-14)11-19-24(22,23)15-5-1-3-13-4-2-10-18-16(13)15/h1-10,19H,11H2,(H,20,21). The third kappa shape index (κ3) is 3.27. The molecule has 0 amide bonds. The first-order chi connectivity index (χ1) is 11.5. The third-order valence-corrected chi connectivity index (χ3v) is 4.99. The van der Waals surface area contributed by atoms with Crippen LogP contribution in [0.2, 0.25) is 0 Å². The van der Waals surface area contributed by atoms with Gasteiger partial charge in [0.1, 0.15) is 4.90 Å². The number of fused-ring (bicyclic) bond motifs is 1. The Bertz CT molecular complexity index is 993. The molecular weight excluding hydrogens is 328 g/mol. The molecule has 122 valence electrons. The maximum Gasteiger partial charge on any atom is 0.335 e. The molecule has 0 unspecified atom stereocenters. The first-order valence-corrected chi connectivity index (χ1v) is 8.61. The highest BCUT2D eigenvalue weighted by molar-refractivity contribution is 7.89. The van der Waals surface area contributed by atoms with Gasteiger partial charge in [-0.2, -0.15) is 0 Å². The molecule has 0 saturated carbocycles. The lowest BCUT2D eigenvalue weighted by Crippen LogP contribution is -2.23. The molecule has 1 aromatic heterocycles. The van der Waals surface area contributed by atoms with E-state index in [0.717, 1.165) is 5.39 Å². The second kappa shape index (κ2) is 6.38. The molecule has 3 aromatic rings. The zero-order valence-corrected chi connectivity index (χ0v) is 13.3. The molecule has 0 saturated heterocycles. The number of carboxylic acid groups (broad SMARTS) is 1. The van der Waals surface area contributed by atoms with Crippen molar-refractivity contribution in [1.82, 2.24) is 9.71 Å². The van der Waals surface area contributed by atoms with Gasteiger partial charge in [-0.05, 0) is 29.8 Å². The van der Waals surface area contributed by atoms with Crippen molar-refractivity contribution in [2.75, 3.05) is 0 Å². The quantitative estimate of drug-likeness (QED) is 0.742. The predicted octanol–water partition coefficient (Wildman–Crippen LogP) is 2.41. The number of para-hydroxylation sites is 1. The predicted molar refractivity (Wildman–Crippen MR) is 89.2 cm³/mol. The van der Waals surface area contributed by atoms with Crippen molar-refractivity contribution in [3.8, 4) is 0 Å². The summed E-state index contributed by atoms with van der Waals surface area (Å²) in [6.07, 6.45) is 1.55. The van der Waals surface area contributed by atoms with Gasteiger partial charge >= 0.3 is 5.97 Å². The van der Waals surface area contributed by atoms with Gasteiger partial charge in [0.25, 0.3) is 0 Å². The van der Waals surface area contributed by atoms with Crippen molar-refractivity contribution in [3.63, 3.8) is 0 Å². The number of pyridine rings is 1. The molecule has 24 heavy (non-hydrogen) atoms. The Kier molecular flexibility index (Phi) is 4.28. The molecule has 6 nitrogen and oxygen atoms in total. The molecule has 0 atom stereocenters. The van der Waals surface area contributed by atoms with E-state index in [2.05, 4.69) is 9.71 Å². The van der Waals surface area contributed by atoms with Crippen molar-refractivity contribution in [2.45, 2.75) is 11.4 Å². The van der Waals surface area contributed by atoms with E-state index in [1.54, 1.807) is 42.6 Å². The summed E-state index contributed by atoms with van der Waals surface area (Å²) in [5.41, 5.74) is 1.23. The smallest absolute Gasteiger partial charge is 0.335 e. The molecule has 0 radical (unpaired) electrons. The van der Waals surface area contributed by atoms with Crippen molar-refractivity contribution >= 4 is 26.9 Å². The van der Waals surface area contributed by atoms with Crippen molar-refractivity contribution in [3.05, 3.63) is 71.9 Å². The van der Waals surface area contributed by atoms with E-state index < -0.39 is 16.0 Å². The molecule has 2 aromatic carbocycles. The molecule has 1 heterocycles. The lowest BCUT2D eigenvalue weighted by atomic mass is 10.1. The average molecular weight is 342 g/mol. The van der Waals surface area contributed by atoms with Crippen LogP contribution in [-0.2, 0) is 16.6 Å². The Morgan fingerprint density at radius 1 is 1.04 bits per heavy atom. The Morgan fingerprint density at radius 2 is 1.75 bits per heavy atom. The van der Waals surface area contributed by atoms with Crippen LogP contribution in [0.1, 0.15) is 15.9 Å². The minimum atomic E-state index is -3.74. The molecule has 2 N–H and O–H groups in total. The number of rotatable bonds is 5. The first kappa shape index (κ1) is 16.1. The summed E-state index contributed by atoms with van der Waals surface area (Å²) in [6, 6.07) is 14.5. The van der Waals surface area contributed by atoms with Crippen LogP contribution in [0.5, 0.6) is 0 Å². The molecule has 7 heteroatoms. The highest BCUT2D eigenvalue weighted by Gasteiger charge is 2.17. The molecule has 0 spiro atoms. The Balaban J connectivity index is 1.84. The summed E-state index contributed by atoms with van der Waals surface area (Å²) < 4.78 is 27.6. The van der Waals surface area contributed by atoms with Crippen LogP contribution in [0.3, 0.4) is 0 Å². The van der Waals surface area contributed by atoms with E-state index in [0.29, 0.717) is 11.1 Å². The number of nitrogens with zero attached hydrogens (tertiary/aromatic N) is 1. The first-order valence-electron chi connectivity index (χ1n) is 7.13. The summed E-state index contributed by atoms with van der Waals surface area (Å²) in [5, 5.41) is 9.61. The zero-order chi connectivity index (χ0) is 17.2. The summed E-state index contributed by atoms with van der Waals surface area (Å²) in [4.78, 5) is 15.1. The van der Waals surface area contributed by atoms with Gasteiger partial charge in [-0.25, -0.2) is 17.9 Å². The van der Waals surface area contributed by atoms with Gasteiger partial charge in [0.05, 0.1) is 11.1 Å². The van der Waals surface area contributed by atoms with Crippen LogP contribution in [0.4, 0.5) is 0 Å². The largest absolute Gasteiger partial charge is 0.478 e. The fourth-order valence-corrected chi connectivity index (χ4v) is 3.51. The number of carbonyl (C=O) groups is 1. The van der Waals surface area contributed by atoms with Gasteiger partial charge in [-0.3, -0.25) is 4.98 Å². The van der Waals surface area contributed by atoms with Crippen LogP contribution in [-0.4, -0.2) is 24.5 Å². The maximum absolute atomic E-state index is 12.5. The Labute approximate surface area is 138 Å². The highest BCUT2D eigenvalue weighted by atomic mass is 32.2. The van der Waals surface area contributed by atoms with Crippen LogP contribution < -0.4 is 4.72 Å². The number of hydrogen-bond donors (Lipinski definition) is 2. The second-order valence-corrected chi connectivity index (χ2v) is 6.89. The van der Waals surface area contributed by atoms with Gasteiger partial charge in [0.2, 0.25) is 10.0 Å². The number of benzene rings is 2. The molecule has 3 rings (SSSR count). The van der Waals surface area contributed by atoms with E-state index in [1.807, 2.05) is 0 Å². The lowest BCUT2D eigenvalue weighted by Gasteiger charge is -2.09. The number of sulfonamides is 1. The number of aromatic nitrogens is 1. The summed E-state index contributed by atoms with van der Waals surface area (Å²) in [5.74, 6) is -1.02. The Hall–Kier alpha value is -2.77. The highest BCUT2D eigenvalue weighted by Crippen LogP contribution is 2.20. The zero-order valence-electron chi connectivity index (χ0n) is 12.5. The number of nitrogens with one attached hydrogen (secondary N) is 1. The van der Waals surface area contributed by atoms with E-state index in [9.17, 15) is 13.2 Å². The van der Waals surface area contributed by atoms with Crippen LogP contribution in [0.15, 0.2) is 65.7 Å². The van der Waals surface area contributed by atoms with Crippen molar-refractivity contribution in [2.24, 2.45) is 0 Å². The normalized spacial score (nSPS) is 11.5. The monoisotopic (exact) mass is 342 g/mol. The molecule has 0 aliphatic rings. The van der Waals surface area contributed by atoms with E-state index in [4.69, 9.17) is 5.11 Å². The van der Waals surface area contributed by atoms with Crippen molar-refractivity contribution in [1.29, 1.82) is 0 Å². The molecular formula is C17H14N2O4S. The van der Waals surface area contributed by atoms with Crippen LogP contribution in [0, 0.1) is 0 Å². The molecule has 0 bridgehead atoms. The topological polar surface area (TPSA) is 96.4 Å². The number of aromatic carboxylic acids is 1. The van der Waals surface area contributed by atoms with Gasteiger partial charge < -0.3 is 5.11 Å². The van der Waals surface area contributed by atoms with Gasteiger partial charge in [0.15, 0.2) is 0 Å². The van der Waals surface area contributed by atoms with Crippen molar-refractivity contribution < 1.29 is 18.3 Å². The number of hydrogen-bond acceptors (Lipinski definition) is 4. The Morgan fingerprint density at radius 3 is 2.46 bits per heavy atom. The summed E-state index contributed by atoms with van der Waals surface area (Å²) >= 11 is 0. The van der Waals surface area contributed by atoms with E-state index >= 15 is 0 Å². The fraction of sp³-hybridized carbons (Fsp3) is 0.0588. The SMILES string of the molecule is O=C(O)c1ccc(CNS(=O)(=O)c2cccc3cccnc23)cc1. The van der Waals surface area contributed by atoms with E-state index in [-0.39, 0.29) is 17.0 Å². The molecule has 0 aliphatic heterocycles. The fourth-order valence-electron chi connectivity index (χ4n) is 2.31. The summed E-state index contributed by atoms with van der Waals surface area (Å²) in [6.45, 7) is 0.0610. The van der Waals surface area contributed by atoms with Gasteiger partial charge in [-0.15, -0.1) is 0 Å². The third-order valence-electron chi connectivity index (χ3n) is 3.55. The van der Waals surface area contributed by atoms with Gasteiger partial charge in [0, 0.05) is 18.1 Å². The number of carboxylic acids is 1. The van der Waals surface area contributed by atoms with E-state index in [1.165, 1.54) is 18.2 Å². The minimum absolute atomic E-state index is 0.0610. The van der Waals surface area contributed by atoms with Crippen LogP contribution in [0.25, 0.3) is 10.9 Å². The van der Waals surface area contributed by atoms with Gasteiger partial charge in [-0.1, -0.05) is 30.3 Å². The van der Waals surface area contributed by atoms with Crippen LogP contribution >= 0.6 is 0 Å². The minimum Gasteiger partial charge on any atom is -0.478 e. The second-order valence-electron chi connectivity index (χ2n) is 5.16. The molecule has 0 aliphatic carbocycles. The summed E-state index contributed by atoms with van der Waals surface area (Å²) in [7, 11) is -3.74. The molecule has 0 fully saturated rings.